The van der Waals surface area contributed by atoms with E-state index in [0.717, 1.165) is 16.8 Å². The average molecular weight is 377 g/mol. The number of hydrogen-bond donors (Lipinski definition) is 1. The summed E-state index contributed by atoms with van der Waals surface area (Å²) in [5, 5.41) is 2.95. The zero-order valence-corrected chi connectivity index (χ0v) is 16.6. The third kappa shape index (κ3) is 3.50. The van der Waals surface area contributed by atoms with Gasteiger partial charge in [0, 0.05) is 5.69 Å². The molecule has 0 spiro atoms. The highest BCUT2D eigenvalue weighted by atomic mass is 16.9. The first kappa shape index (κ1) is 18.8. The zero-order valence-electron chi connectivity index (χ0n) is 16.6. The van der Waals surface area contributed by atoms with Crippen molar-refractivity contribution in [2.45, 2.75) is 83.8 Å². The van der Waals surface area contributed by atoms with Gasteiger partial charge in [0.1, 0.15) is 18.3 Å². The Morgan fingerprint density at radius 1 is 0.926 bits per heavy atom. The number of ether oxygens (including phenoxy) is 5. The molecular weight excluding hydrogens is 350 g/mol. The van der Waals surface area contributed by atoms with Crippen molar-refractivity contribution in [1.29, 1.82) is 0 Å². The Balaban J connectivity index is 1.59. The van der Waals surface area contributed by atoms with Crippen molar-refractivity contribution in [3.8, 4) is 0 Å². The third-order valence-electron chi connectivity index (χ3n) is 5.05. The van der Waals surface area contributed by atoms with Gasteiger partial charge in [0.25, 0.3) is 5.91 Å². The molecule has 4 rings (SSSR count). The number of carbonyl (C=O) groups is 1. The summed E-state index contributed by atoms with van der Waals surface area (Å²) in [5.41, 5.74) is 2.87. The summed E-state index contributed by atoms with van der Waals surface area (Å²) in [4.78, 5) is 13.0. The molecule has 0 bridgehead atoms. The van der Waals surface area contributed by atoms with Crippen molar-refractivity contribution in [2.24, 2.45) is 0 Å². The molecule has 7 heteroatoms. The Kier molecular flexibility index (Phi) is 4.36. The van der Waals surface area contributed by atoms with Crippen molar-refractivity contribution in [3.05, 3.63) is 29.3 Å². The molecule has 5 atom stereocenters. The van der Waals surface area contributed by atoms with Gasteiger partial charge in [-0.1, -0.05) is 17.7 Å². The lowest BCUT2D eigenvalue weighted by Gasteiger charge is -2.36. The van der Waals surface area contributed by atoms with Gasteiger partial charge in [-0.05, 0) is 53.2 Å². The first-order valence-electron chi connectivity index (χ1n) is 9.29. The van der Waals surface area contributed by atoms with Crippen LogP contribution >= 0.6 is 0 Å². The van der Waals surface area contributed by atoms with Gasteiger partial charge in [-0.15, -0.1) is 0 Å². The highest BCUT2D eigenvalue weighted by molar-refractivity contribution is 5.95. The van der Waals surface area contributed by atoms with E-state index in [1.807, 2.05) is 59.7 Å². The number of hydrogen-bond acceptors (Lipinski definition) is 6. The maximum atomic E-state index is 13.0. The predicted octanol–water partition coefficient (Wildman–Crippen LogP) is 2.64. The second-order valence-corrected chi connectivity index (χ2v) is 8.40. The summed E-state index contributed by atoms with van der Waals surface area (Å²) in [5.74, 6) is -1.93. The average Bonchev–Trinajstić information content (AvgIpc) is 3.03. The number of nitrogens with one attached hydrogen (secondary N) is 1. The maximum absolute atomic E-state index is 13.0. The smallest absolute Gasteiger partial charge is 0.256 e. The van der Waals surface area contributed by atoms with E-state index in [0.29, 0.717) is 0 Å². The number of carbonyl (C=O) groups excluding carboxylic acids is 1. The molecule has 0 radical (unpaired) electrons. The molecule has 0 saturated carbocycles. The monoisotopic (exact) mass is 377 g/mol. The molecule has 27 heavy (non-hydrogen) atoms. The SMILES string of the molecule is Cc1ccc(NC(=O)[C@H]2O[C@H]3OC(C)(C)O[C@@H]3[C@H]3OC(C)(C)O[C@@H]32)c(C)c1. The van der Waals surface area contributed by atoms with Crippen LogP contribution < -0.4 is 5.32 Å². The van der Waals surface area contributed by atoms with E-state index >= 15 is 0 Å². The molecule has 0 unspecified atom stereocenters. The fourth-order valence-electron chi connectivity index (χ4n) is 3.98. The lowest BCUT2D eigenvalue weighted by Crippen LogP contribution is -2.58. The molecule has 0 aromatic heterocycles. The number of amides is 1. The zero-order chi connectivity index (χ0) is 19.6. The summed E-state index contributed by atoms with van der Waals surface area (Å²) < 4.78 is 29.8. The number of anilines is 1. The Morgan fingerprint density at radius 2 is 1.56 bits per heavy atom. The van der Waals surface area contributed by atoms with Gasteiger partial charge >= 0.3 is 0 Å². The van der Waals surface area contributed by atoms with Crippen LogP contribution in [0.2, 0.25) is 0 Å². The molecular formula is C20H27NO6. The minimum Gasteiger partial charge on any atom is -0.342 e. The van der Waals surface area contributed by atoms with Gasteiger partial charge in [-0.25, -0.2) is 0 Å². The van der Waals surface area contributed by atoms with Gasteiger partial charge in [-0.3, -0.25) is 4.79 Å². The van der Waals surface area contributed by atoms with E-state index in [-0.39, 0.29) is 5.91 Å². The number of benzene rings is 1. The normalized spacial score (nSPS) is 36.1. The molecule has 3 aliphatic heterocycles. The fourth-order valence-corrected chi connectivity index (χ4v) is 3.98. The molecule has 0 aliphatic carbocycles. The largest absolute Gasteiger partial charge is 0.342 e. The Bertz CT molecular complexity index is 761. The van der Waals surface area contributed by atoms with Crippen LogP contribution in [0, 0.1) is 13.8 Å². The molecule has 3 fully saturated rings. The minimum atomic E-state index is -0.865. The highest BCUT2D eigenvalue weighted by Crippen LogP contribution is 2.44. The van der Waals surface area contributed by atoms with Crippen LogP contribution in [0.1, 0.15) is 38.8 Å². The maximum Gasteiger partial charge on any atom is 0.256 e. The standard InChI is InChI=1S/C20H27NO6/c1-10-7-8-12(11(2)9-10)21-17(22)15-13-14(25-19(3,4)24-13)16-18(23-15)27-20(5,6)26-16/h7-9,13-16,18H,1-6H3,(H,21,22)/t13-,14-,15-,16+,18-/m0/s1. The Morgan fingerprint density at radius 3 is 2.26 bits per heavy atom. The van der Waals surface area contributed by atoms with Crippen LogP contribution in [-0.2, 0) is 28.5 Å². The molecule has 1 aromatic rings. The summed E-state index contributed by atoms with van der Waals surface area (Å²) in [6, 6.07) is 5.86. The fraction of sp³-hybridized carbons (Fsp3) is 0.650. The second kappa shape index (κ2) is 6.25. The highest BCUT2D eigenvalue weighted by Gasteiger charge is 2.62. The summed E-state index contributed by atoms with van der Waals surface area (Å²) in [6.07, 6.45) is -3.03. The minimum absolute atomic E-state index is 0.287. The van der Waals surface area contributed by atoms with Gasteiger partial charge < -0.3 is 29.0 Å². The molecule has 1 amide bonds. The molecule has 148 valence electrons. The quantitative estimate of drug-likeness (QED) is 0.854. The summed E-state index contributed by atoms with van der Waals surface area (Å²) >= 11 is 0. The van der Waals surface area contributed by atoms with Crippen LogP contribution in [0.4, 0.5) is 5.69 Å². The van der Waals surface area contributed by atoms with Crippen LogP contribution in [0.3, 0.4) is 0 Å². The van der Waals surface area contributed by atoms with E-state index in [2.05, 4.69) is 5.32 Å². The Hall–Kier alpha value is -1.51. The third-order valence-corrected chi connectivity index (χ3v) is 5.05. The summed E-state index contributed by atoms with van der Waals surface area (Å²) in [7, 11) is 0. The van der Waals surface area contributed by atoms with Gasteiger partial charge in [0.2, 0.25) is 0 Å². The number of fused-ring (bicyclic) bond motifs is 3. The van der Waals surface area contributed by atoms with E-state index in [4.69, 9.17) is 23.7 Å². The number of aryl methyl sites for hydroxylation is 2. The van der Waals surface area contributed by atoms with E-state index in [9.17, 15) is 4.79 Å². The molecule has 1 N–H and O–H groups in total. The second-order valence-electron chi connectivity index (χ2n) is 8.40. The molecule has 7 nitrogen and oxygen atoms in total. The topological polar surface area (TPSA) is 75.3 Å². The molecule has 3 saturated heterocycles. The van der Waals surface area contributed by atoms with Crippen molar-refractivity contribution < 1.29 is 28.5 Å². The van der Waals surface area contributed by atoms with Crippen LogP contribution in [0.15, 0.2) is 18.2 Å². The lowest BCUT2D eigenvalue weighted by atomic mass is 9.98. The first-order chi connectivity index (χ1) is 12.5. The first-order valence-corrected chi connectivity index (χ1v) is 9.29. The summed E-state index contributed by atoms with van der Waals surface area (Å²) in [6.45, 7) is 11.2. The van der Waals surface area contributed by atoms with Crippen LogP contribution in [-0.4, -0.2) is 48.2 Å². The van der Waals surface area contributed by atoms with Gasteiger partial charge in [0.05, 0.1) is 0 Å². The van der Waals surface area contributed by atoms with Crippen LogP contribution in [0.25, 0.3) is 0 Å². The molecule has 1 aromatic carbocycles. The molecule has 3 aliphatic rings. The number of rotatable bonds is 2. The van der Waals surface area contributed by atoms with Crippen LogP contribution in [0.5, 0.6) is 0 Å². The van der Waals surface area contributed by atoms with Gasteiger partial charge in [0.15, 0.2) is 24.0 Å². The predicted molar refractivity (Wildman–Crippen MR) is 97.1 cm³/mol. The van der Waals surface area contributed by atoms with E-state index < -0.39 is 42.3 Å². The van der Waals surface area contributed by atoms with Crippen molar-refractivity contribution >= 4 is 11.6 Å². The van der Waals surface area contributed by atoms with Gasteiger partial charge in [-0.2, -0.15) is 0 Å². The van der Waals surface area contributed by atoms with Crippen molar-refractivity contribution in [3.63, 3.8) is 0 Å². The Labute approximate surface area is 159 Å². The van der Waals surface area contributed by atoms with E-state index in [1.54, 1.807) is 0 Å². The van der Waals surface area contributed by atoms with Crippen molar-refractivity contribution in [2.75, 3.05) is 5.32 Å². The van der Waals surface area contributed by atoms with E-state index in [1.165, 1.54) is 0 Å². The molecule has 3 heterocycles. The lowest BCUT2D eigenvalue weighted by molar-refractivity contribution is -0.229. The van der Waals surface area contributed by atoms with Crippen molar-refractivity contribution in [1.82, 2.24) is 0 Å².